The van der Waals surface area contributed by atoms with E-state index in [0.717, 1.165) is 0 Å². The molecule has 0 aliphatic carbocycles. The van der Waals surface area contributed by atoms with Crippen molar-refractivity contribution in [3.63, 3.8) is 0 Å². The van der Waals surface area contributed by atoms with Crippen molar-refractivity contribution in [2.75, 3.05) is 0 Å². The standard InChI is InChI=1S/C5H11N5O2.ClH/c6-3(5(11)12)1-2-4(7)9-10-8;/h3-4H,1-2,6-7H2,(H,11,12);1H/t3-,4?;/m1./s1. The van der Waals surface area contributed by atoms with Crippen LogP contribution in [0.15, 0.2) is 5.11 Å². The summed E-state index contributed by atoms with van der Waals surface area (Å²) in [7, 11) is 0. The Morgan fingerprint density at radius 3 is 2.46 bits per heavy atom. The third kappa shape index (κ3) is 7.35. The minimum absolute atomic E-state index is 0. The van der Waals surface area contributed by atoms with E-state index in [2.05, 4.69) is 10.0 Å². The molecule has 8 heteroatoms. The molecule has 0 saturated heterocycles. The summed E-state index contributed by atoms with van der Waals surface area (Å²) in [5, 5.41) is 11.5. The maximum Gasteiger partial charge on any atom is 0.320 e. The molecule has 0 saturated carbocycles. The normalized spacial score (nSPS) is 13.4. The van der Waals surface area contributed by atoms with Gasteiger partial charge in [0.15, 0.2) is 0 Å². The molecule has 0 radical (unpaired) electrons. The number of carboxylic acids is 1. The molecular formula is C5H12ClN5O2. The molecule has 0 aliphatic heterocycles. The number of nitrogens with zero attached hydrogens (tertiary/aromatic N) is 3. The van der Waals surface area contributed by atoms with Crippen LogP contribution in [0.25, 0.3) is 10.4 Å². The molecule has 0 bridgehead atoms. The van der Waals surface area contributed by atoms with E-state index in [-0.39, 0.29) is 25.2 Å². The summed E-state index contributed by atoms with van der Waals surface area (Å²) in [5.74, 6) is -1.08. The lowest BCUT2D eigenvalue weighted by molar-refractivity contribution is -0.138. The lowest BCUT2D eigenvalue weighted by atomic mass is 10.1. The zero-order valence-corrected chi connectivity index (χ0v) is 7.65. The molecule has 0 aliphatic rings. The molecular weight excluding hydrogens is 198 g/mol. The quantitative estimate of drug-likeness (QED) is 0.338. The number of azide groups is 1. The van der Waals surface area contributed by atoms with E-state index in [1.165, 1.54) is 0 Å². The van der Waals surface area contributed by atoms with Crippen molar-refractivity contribution in [3.05, 3.63) is 10.4 Å². The first-order valence-corrected chi connectivity index (χ1v) is 3.36. The highest BCUT2D eigenvalue weighted by molar-refractivity contribution is 5.85. The molecule has 0 aromatic rings. The van der Waals surface area contributed by atoms with Gasteiger partial charge in [0, 0.05) is 4.91 Å². The van der Waals surface area contributed by atoms with Crippen molar-refractivity contribution in [1.29, 1.82) is 0 Å². The first-order chi connectivity index (χ1) is 5.57. The number of nitrogens with two attached hydrogens (primary N) is 2. The Morgan fingerprint density at radius 2 is 2.08 bits per heavy atom. The Bertz CT molecular complexity index is 197. The second kappa shape index (κ2) is 7.63. The molecule has 0 spiro atoms. The average molecular weight is 210 g/mol. The molecule has 13 heavy (non-hydrogen) atoms. The first kappa shape index (κ1) is 14.5. The Hall–Kier alpha value is -1.01. The lowest BCUT2D eigenvalue weighted by Gasteiger charge is -2.07. The van der Waals surface area contributed by atoms with Crippen molar-refractivity contribution in [2.45, 2.75) is 25.0 Å². The zero-order chi connectivity index (χ0) is 9.56. The molecule has 0 amide bonds. The second-order valence-corrected chi connectivity index (χ2v) is 2.29. The van der Waals surface area contributed by atoms with Crippen LogP contribution in [0.1, 0.15) is 12.8 Å². The number of carboxylic acid groups (broad SMARTS) is 1. The molecule has 0 rings (SSSR count). The van der Waals surface area contributed by atoms with Crippen LogP contribution in [0.2, 0.25) is 0 Å². The maximum atomic E-state index is 10.2. The highest BCUT2D eigenvalue weighted by atomic mass is 35.5. The summed E-state index contributed by atoms with van der Waals surface area (Å²) < 4.78 is 0. The van der Waals surface area contributed by atoms with Gasteiger partial charge in [0.1, 0.15) is 6.04 Å². The van der Waals surface area contributed by atoms with Gasteiger partial charge in [-0.3, -0.25) is 4.79 Å². The van der Waals surface area contributed by atoms with Crippen LogP contribution < -0.4 is 11.5 Å². The highest BCUT2D eigenvalue weighted by Gasteiger charge is 2.12. The number of hydrogen-bond acceptors (Lipinski definition) is 4. The van der Waals surface area contributed by atoms with Crippen molar-refractivity contribution < 1.29 is 9.90 Å². The van der Waals surface area contributed by atoms with Gasteiger partial charge in [-0.2, -0.15) is 0 Å². The van der Waals surface area contributed by atoms with Gasteiger partial charge in [-0.25, -0.2) is 0 Å². The van der Waals surface area contributed by atoms with Crippen molar-refractivity contribution >= 4 is 18.4 Å². The van der Waals surface area contributed by atoms with Crippen molar-refractivity contribution in [3.8, 4) is 0 Å². The van der Waals surface area contributed by atoms with E-state index in [9.17, 15) is 4.79 Å². The minimum atomic E-state index is -1.08. The van der Waals surface area contributed by atoms with Crippen LogP contribution in [-0.4, -0.2) is 23.3 Å². The van der Waals surface area contributed by atoms with Crippen LogP contribution in [-0.2, 0) is 4.79 Å². The Labute approximate surface area is 81.1 Å². The van der Waals surface area contributed by atoms with Gasteiger partial charge in [0.2, 0.25) is 0 Å². The Morgan fingerprint density at radius 1 is 1.54 bits per heavy atom. The third-order valence-electron chi connectivity index (χ3n) is 1.29. The monoisotopic (exact) mass is 209 g/mol. The Kier molecular flexibility index (Phi) is 8.52. The lowest BCUT2D eigenvalue weighted by Crippen LogP contribution is -2.32. The van der Waals surface area contributed by atoms with E-state index in [4.69, 9.17) is 22.1 Å². The third-order valence-corrected chi connectivity index (χ3v) is 1.29. The fourth-order valence-corrected chi connectivity index (χ4v) is 0.598. The highest BCUT2D eigenvalue weighted by Crippen LogP contribution is 1.99. The predicted molar refractivity (Wildman–Crippen MR) is 49.2 cm³/mol. The smallest absolute Gasteiger partial charge is 0.320 e. The molecule has 2 atom stereocenters. The Balaban J connectivity index is 0. The van der Waals surface area contributed by atoms with E-state index in [1.54, 1.807) is 0 Å². The number of carbonyl (C=O) groups is 1. The summed E-state index contributed by atoms with van der Waals surface area (Å²) in [6.45, 7) is 0. The number of aliphatic carboxylic acids is 1. The summed E-state index contributed by atoms with van der Waals surface area (Å²) in [5.41, 5.74) is 18.4. The van der Waals surface area contributed by atoms with Gasteiger partial charge in [-0.15, -0.1) is 12.4 Å². The molecule has 0 heterocycles. The van der Waals surface area contributed by atoms with Gasteiger partial charge >= 0.3 is 5.97 Å². The van der Waals surface area contributed by atoms with Gasteiger partial charge in [0.05, 0.1) is 6.17 Å². The van der Waals surface area contributed by atoms with Crippen LogP contribution in [0.3, 0.4) is 0 Å². The topological polar surface area (TPSA) is 138 Å². The van der Waals surface area contributed by atoms with E-state index >= 15 is 0 Å². The minimum Gasteiger partial charge on any atom is -0.480 e. The maximum absolute atomic E-state index is 10.2. The van der Waals surface area contributed by atoms with E-state index in [0.29, 0.717) is 0 Å². The summed E-state index contributed by atoms with van der Waals surface area (Å²) in [6, 6.07) is -0.940. The van der Waals surface area contributed by atoms with Crippen molar-refractivity contribution in [2.24, 2.45) is 16.6 Å². The van der Waals surface area contributed by atoms with Crippen LogP contribution in [0, 0.1) is 0 Å². The first-order valence-electron chi connectivity index (χ1n) is 3.36. The molecule has 0 fully saturated rings. The molecule has 0 aromatic carbocycles. The largest absolute Gasteiger partial charge is 0.480 e. The predicted octanol–water partition coefficient (Wildman–Crippen LogP) is 0.195. The van der Waals surface area contributed by atoms with E-state index in [1.807, 2.05) is 0 Å². The van der Waals surface area contributed by atoms with Crippen LogP contribution in [0.5, 0.6) is 0 Å². The molecule has 1 unspecified atom stereocenters. The fraction of sp³-hybridized carbons (Fsp3) is 0.800. The fourth-order valence-electron chi connectivity index (χ4n) is 0.598. The van der Waals surface area contributed by atoms with Gasteiger partial charge in [-0.1, -0.05) is 5.11 Å². The summed E-state index contributed by atoms with van der Waals surface area (Å²) in [6.07, 6.45) is -0.215. The van der Waals surface area contributed by atoms with Crippen LogP contribution in [0.4, 0.5) is 0 Å². The van der Waals surface area contributed by atoms with Crippen molar-refractivity contribution in [1.82, 2.24) is 0 Å². The van der Waals surface area contributed by atoms with E-state index < -0.39 is 18.2 Å². The van der Waals surface area contributed by atoms with Gasteiger partial charge in [-0.05, 0) is 18.4 Å². The molecule has 0 aromatic heterocycles. The molecule has 5 N–H and O–H groups in total. The number of hydrogen-bond donors (Lipinski definition) is 3. The second-order valence-electron chi connectivity index (χ2n) is 2.29. The molecule has 76 valence electrons. The summed E-state index contributed by atoms with van der Waals surface area (Å²) >= 11 is 0. The number of rotatable bonds is 5. The number of halogens is 1. The van der Waals surface area contributed by atoms with Crippen LogP contribution >= 0.6 is 12.4 Å². The average Bonchev–Trinajstić information content (AvgIpc) is 2.00. The summed E-state index contributed by atoms with van der Waals surface area (Å²) in [4.78, 5) is 12.7. The molecule has 7 nitrogen and oxygen atoms in total. The van der Waals surface area contributed by atoms with Gasteiger partial charge in [0.25, 0.3) is 0 Å². The zero-order valence-electron chi connectivity index (χ0n) is 6.83. The SMILES string of the molecule is Cl.[N-]=[N+]=NC(N)CC[C@@H](N)C(=O)O. The van der Waals surface area contributed by atoms with Gasteiger partial charge < -0.3 is 16.6 Å².